The Morgan fingerprint density at radius 2 is 1.78 bits per heavy atom. The monoisotopic (exact) mass is 507 g/mol. The number of rotatable bonds is 8. The highest BCUT2D eigenvalue weighted by Crippen LogP contribution is 2.33. The van der Waals surface area contributed by atoms with Gasteiger partial charge < -0.3 is 20.9 Å². The van der Waals surface area contributed by atoms with E-state index in [-0.39, 0.29) is 23.3 Å². The molecule has 3 heterocycles. The van der Waals surface area contributed by atoms with Crippen LogP contribution in [0.3, 0.4) is 0 Å². The van der Waals surface area contributed by atoms with Gasteiger partial charge in [-0.15, -0.1) is 0 Å². The quantitative estimate of drug-likeness (QED) is 0.409. The zero-order valence-corrected chi connectivity index (χ0v) is 20.4. The van der Waals surface area contributed by atoms with Crippen LogP contribution >= 0.6 is 0 Å². The second kappa shape index (κ2) is 9.94. The number of nitrogens with one attached hydrogen (secondary N) is 3. The fraction of sp³-hybridized carbons (Fsp3) is 0.240. The molecule has 0 bridgehead atoms. The van der Waals surface area contributed by atoms with Gasteiger partial charge in [0, 0.05) is 30.2 Å². The van der Waals surface area contributed by atoms with Crippen LogP contribution < -0.4 is 20.9 Å². The van der Waals surface area contributed by atoms with E-state index in [1.54, 1.807) is 18.3 Å². The standard InChI is InChI=1S/C25H26FN7O2S/c1-2-22(17-6-7-17)29-18-4-3-5-19(14-18)30-24-21(26)16-28-25(32-24)31-20-8-9-23(27-15-20)33-10-12-36(34,35)13-11-33/h2-5,8-9,14-16,29H,1,6-7,10-13H2,(H2,28,30,31,32). The molecule has 0 unspecified atom stereocenters. The molecular formula is C25H26FN7O2S. The summed E-state index contributed by atoms with van der Waals surface area (Å²) in [6, 6.07) is 11.1. The number of nitrogens with zero attached hydrogens (tertiary/aromatic N) is 4. The lowest BCUT2D eigenvalue weighted by atomic mass is 10.2. The van der Waals surface area contributed by atoms with E-state index in [0.29, 0.717) is 30.3 Å². The van der Waals surface area contributed by atoms with Gasteiger partial charge in [0.05, 0.1) is 29.6 Å². The molecule has 0 radical (unpaired) electrons. The molecule has 186 valence electrons. The fourth-order valence-corrected chi connectivity index (χ4v) is 5.02. The molecule has 0 amide bonds. The molecule has 1 saturated carbocycles. The zero-order chi connectivity index (χ0) is 25.1. The molecule has 2 aromatic heterocycles. The Morgan fingerprint density at radius 3 is 2.47 bits per heavy atom. The minimum Gasteiger partial charge on any atom is -0.356 e. The normalized spacial score (nSPS) is 16.2. The van der Waals surface area contributed by atoms with E-state index in [4.69, 9.17) is 0 Å². The van der Waals surface area contributed by atoms with E-state index in [1.165, 1.54) is 5.57 Å². The van der Waals surface area contributed by atoms with E-state index in [0.717, 1.165) is 30.4 Å². The van der Waals surface area contributed by atoms with Crippen molar-refractivity contribution in [2.75, 3.05) is 45.4 Å². The Balaban J connectivity index is 1.26. The third-order valence-electron chi connectivity index (χ3n) is 5.91. The number of sulfone groups is 1. The van der Waals surface area contributed by atoms with E-state index < -0.39 is 15.7 Å². The summed E-state index contributed by atoms with van der Waals surface area (Å²) in [5, 5.41) is 9.39. The van der Waals surface area contributed by atoms with Gasteiger partial charge in [0.25, 0.3) is 0 Å². The number of anilines is 6. The largest absolute Gasteiger partial charge is 0.356 e. The van der Waals surface area contributed by atoms with Crippen molar-refractivity contribution in [1.29, 1.82) is 0 Å². The molecule has 0 atom stereocenters. The summed E-state index contributed by atoms with van der Waals surface area (Å²) in [7, 11) is -2.96. The summed E-state index contributed by atoms with van der Waals surface area (Å²) in [5.41, 5.74) is 4.50. The lowest BCUT2D eigenvalue weighted by molar-refractivity contribution is 0.586. The molecule has 1 aliphatic carbocycles. The van der Waals surface area contributed by atoms with Crippen LogP contribution in [0.1, 0.15) is 12.8 Å². The summed E-state index contributed by atoms with van der Waals surface area (Å²) >= 11 is 0. The summed E-state index contributed by atoms with van der Waals surface area (Å²) in [6.07, 6.45) is 6.68. The fourth-order valence-electron chi connectivity index (χ4n) is 3.82. The second-order valence-electron chi connectivity index (χ2n) is 8.61. The van der Waals surface area contributed by atoms with Gasteiger partial charge in [0.2, 0.25) is 5.95 Å². The number of halogens is 1. The smallest absolute Gasteiger partial charge is 0.229 e. The van der Waals surface area contributed by atoms with E-state index >= 15 is 0 Å². The highest BCUT2D eigenvalue weighted by Gasteiger charge is 2.22. The predicted molar refractivity (Wildman–Crippen MR) is 140 cm³/mol. The Kier molecular flexibility index (Phi) is 6.55. The van der Waals surface area contributed by atoms with Gasteiger partial charge in [-0.2, -0.15) is 4.98 Å². The van der Waals surface area contributed by atoms with Crippen molar-refractivity contribution in [2.45, 2.75) is 12.8 Å². The lowest BCUT2D eigenvalue weighted by Gasteiger charge is -2.27. The summed E-state index contributed by atoms with van der Waals surface area (Å²) in [5.74, 6) is 0.607. The van der Waals surface area contributed by atoms with Gasteiger partial charge in [-0.3, -0.25) is 0 Å². The molecule has 2 fully saturated rings. The van der Waals surface area contributed by atoms with E-state index in [9.17, 15) is 12.8 Å². The topological polar surface area (TPSA) is 112 Å². The van der Waals surface area contributed by atoms with Crippen LogP contribution in [0.2, 0.25) is 0 Å². The van der Waals surface area contributed by atoms with Gasteiger partial charge in [-0.25, -0.2) is 22.8 Å². The Hall–Kier alpha value is -3.99. The number of hydrogen-bond acceptors (Lipinski definition) is 9. The average molecular weight is 508 g/mol. The molecule has 9 nitrogen and oxygen atoms in total. The zero-order valence-electron chi connectivity index (χ0n) is 19.5. The first-order valence-corrected chi connectivity index (χ1v) is 13.4. The maximum atomic E-state index is 14.5. The average Bonchev–Trinajstić information content (AvgIpc) is 3.71. The number of allylic oxidation sites excluding steroid dienone is 2. The van der Waals surface area contributed by atoms with Crippen LogP contribution in [0.25, 0.3) is 0 Å². The molecule has 1 saturated heterocycles. The second-order valence-corrected chi connectivity index (χ2v) is 10.9. The van der Waals surface area contributed by atoms with Crippen molar-refractivity contribution in [1.82, 2.24) is 15.0 Å². The van der Waals surface area contributed by atoms with Gasteiger partial charge in [-0.1, -0.05) is 12.6 Å². The third kappa shape index (κ3) is 5.80. The number of hydrogen-bond donors (Lipinski definition) is 3. The number of pyridine rings is 1. The Morgan fingerprint density at radius 1 is 1.00 bits per heavy atom. The van der Waals surface area contributed by atoms with Crippen LogP contribution in [-0.4, -0.2) is 48.0 Å². The maximum Gasteiger partial charge on any atom is 0.229 e. The number of aromatic nitrogens is 3. The first kappa shape index (κ1) is 23.7. The SMILES string of the molecule is C=CC(Nc1cccc(Nc2nc(Nc3ccc(N4CCS(=O)(=O)CC4)nc3)ncc2F)c1)=C1CC1. The Bertz CT molecular complexity index is 1400. The van der Waals surface area contributed by atoms with Gasteiger partial charge >= 0.3 is 0 Å². The van der Waals surface area contributed by atoms with E-state index in [1.807, 2.05) is 35.2 Å². The molecule has 1 aromatic carbocycles. The molecule has 1 aliphatic heterocycles. The number of benzene rings is 1. The minimum atomic E-state index is -2.96. The molecule has 3 aromatic rings. The lowest BCUT2D eigenvalue weighted by Crippen LogP contribution is -2.40. The third-order valence-corrected chi connectivity index (χ3v) is 7.52. The molecule has 11 heteroatoms. The first-order valence-electron chi connectivity index (χ1n) is 11.6. The summed E-state index contributed by atoms with van der Waals surface area (Å²) < 4.78 is 37.8. The van der Waals surface area contributed by atoms with Crippen molar-refractivity contribution in [3.8, 4) is 0 Å². The van der Waals surface area contributed by atoms with Crippen molar-refractivity contribution < 1.29 is 12.8 Å². The molecular weight excluding hydrogens is 481 g/mol. The molecule has 2 aliphatic rings. The summed E-state index contributed by atoms with van der Waals surface area (Å²) in [4.78, 5) is 14.7. The van der Waals surface area contributed by atoms with Crippen LogP contribution in [0.4, 0.5) is 39.0 Å². The molecule has 0 spiro atoms. The minimum absolute atomic E-state index is 0.0354. The van der Waals surface area contributed by atoms with Crippen LogP contribution in [0.15, 0.2) is 72.7 Å². The van der Waals surface area contributed by atoms with Crippen molar-refractivity contribution in [3.05, 3.63) is 78.5 Å². The van der Waals surface area contributed by atoms with Crippen LogP contribution in [0.5, 0.6) is 0 Å². The predicted octanol–water partition coefficient (Wildman–Crippen LogP) is 4.38. The van der Waals surface area contributed by atoms with Gasteiger partial charge in [0.15, 0.2) is 21.5 Å². The Labute approximate surface area is 209 Å². The highest BCUT2D eigenvalue weighted by molar-refractivity contribution is 7.91. The molecule has 36 heavy (non-hydrogen) atoms. The van der Waals surface area contributed by atoms with E-state index in [2.05, 4.69) is 37.5 Å². The van der Waals surface area contributed by atoms with Crippen molar-refractivity contribution in [3.63, 3.8) is 0 Å². The van der Waals surface area contributed by atoms with Crippen LogP contribution in [0, 0.1) is 5.82 Å². The highest BCUT2D eigenvalue weighted by atomic mass is 32.2. The van der Waals surface area contributed by atoms with Crippen LogP contribution in [-0.2, 0) is 9.84 Å². The maximum absolute atomic E-state index is 14.5. The molecule has 3 N–H and O–H groups in total. The summed E-state index contributed by atoms with van der Waals surface area (Å²) in [6.45, 7) is 4.70. The van der Waals surface area contributed by atoms with Gasteiger partial charge in [-0.05, 0) is 54.8 Å². The van der Waals surface area contributed by atoms with Crippen molar-refractivity contribution >= 4 is 44.5 Å². The molecule has 5 rings (SSSR count). The van der Waals surface area contributed by atoms with Gasteiger partial charge in [0.1, 0.15) is 5.82 Å². The first-order chi connectivity index (χ1) is 17.4. The van der Waals surface area contributed by atoms with Crippen molar-refractivity contribution in [2.24, 2.45) is 0 Å².